The number of amides is 1. The van der Waals surface area contributed by atoms with Crippen molar-refractivity contribution in [2.75, 3.05) is 5.32 Å². The smallest absolute Gasteiger partial charge is 0.321 e. The number of aromatic nitrogens is 2. The van der Waals surface area contributed by atoms with Gasteiger partial charge in [-0.25, -0.2) is 5.10 Å². The number of benzene rings is 1. The van der Waals surface area contributed by atoms with Gasteiger partial charge in [0.1, 0.15) is 5.69 Å². The molecular weight excluding hydrogens is 275 g/mol. The fraction of sp³-hybridized carbons (Fsp3) is 0.0833. The van der Waals surface area contributed by atoms with Gasteiger partial charge in [-0.15, -0.1) is 0 Å². The summed E-state index contributed by atoms with van der Waals surface area (Å²) in [4.78, 5) is 22.5. The molecule has 1 heterocycles. The van der Waals surface area contributed by atoms with Crippen molar-refractivity contribution >= 4 is 11.6 Å². The zero-order valence-electron chi connectivity index (χ0n) is 9.86. The van der Waals surface area contributed by atoms with Crippen LogP contribution in [-0.4, -0.2) is 16.1 Å². The molecule has 1 amide bonds. The van der Waals surface area contributed by atoms with Gasteiger partial charge in [0.05, 0.1) is 5.56 Å². The number of alkyl halides is 3. The van der Waals surface area contributed by atoms with Gasteiger partial charge in [0, 0.05) is 11.8 Å². The van der Waals surface area contributed by atoms with E-state index in [0.717, 1.165) is 18.2 Å². The quantitative estimate of drug-likeness (QED) is 0.885. The van der Waals surface area contributed by atoms with Gasteiger partial charge < -0.3 is 5.32 Å². The fourth-order valence-electron chi connectivity index (χ4n) is 1.44. The first kappa shape index (κ1) is 13.8. The maximum absolute atomic E-state index is 12.5. The van der Waals surface area contributed by atoms with Crippen molar-refractivity contribution in [2.24, 2.45) is 0 Å². The van der Waals surface area contributed by atoms with E-state index in [1.165, 1.54) is 18.2 Å². The van der Waals surface area contributed by atoms with Crippen molar-refractivity contribution in [3.63, 3.8) is 0 Å². The van der Waals surface area contributed by atoms with Crippen molar-refractivity contribution in [3.05, 3.63) is 58.0 Å². The maximum atomic E-state index is 12.5. The van der Waals surface area contributed by atoms with Crippen LogP contribution in [0.4, 0.5) is 18.9 Å². The molecule has 2 N–H and O–H groups in total. The van der Waals surface area contributed by atoms with Crippen LogP contribution in [0.5, 0.6) is 0 Å². The van der Waals surface area contributed by atoms with Crippen LogP contribution in [0.1, 0.15) is 16.1 Å². The Morgan fingerprint density at radius 1 is 1.20 bits per heavy atom. The summed E-state index contributed by atoms with van der Waals surface area (Å²) in [6, 6.07) is 6.46. The van der Waals surface area contributed by atoms with Crippen LogP contribution in [0, 0.1) is 0 Å². The molecule has 0 spiro atoms. The van der Waals surface area contributed by atoms with E-state index in [0.29, 0.717) is 0 Å². The van der Waals surface area contributed by atoms with Gasteiger partial charge in [-0.3, -0.25) is 9.59 Å². The van der Waals surface area contributed by atoms with Crippen LogP contribution in [0.15, 0.2) is 41.2 Å². The van der Waals surface area contributed by atoms with Gasteiger partial charge in [-0.1, -0.05) is 6.07 Å². The van der Waals surface area contributed by atoms with Gasteiger partial charge in [0.2, 0.25) is 0 Å². The number of halogens is 3. The Kier molecular flexibility index (Phi) is 3.55. The van der Waals surface area contributed by atoms with E-state index in [4.69, 9.17) is 0 Å². The second-order valence-electron chi connectivity index (χ2n) is 3.84. The number of nitrogens with one attached hydrogen (secondary N) is 2. The molecule has 5 nitrogen and oxygen atoms in total. The number of H-pyrrole nitrogens is 1. The molecule has 0 saturated carbocycles. The number of hydrogen-bond donors (Lipinski definition) is 2. The molecule has 0 bridgehead atoms. The first-order valence-electron chi connectivity index (χ1n) is 5.40. The molecule has 104 valence electrons. The van der Waals surface area contributed by atoms with E-state index < -0.39 is 23.2 Å². The minimum absolute atomic E-state index is 0.0159. The Labute approximate surface area is 110 Å². The minimum Gasteiger partial charge on any atom is -0.321 e. The summed E-state index contributed by atoms with van der Waals surface area (Å²) in [5.74, 6) is -0.722. The summed E-state index contributed by atoms with van der Waals surface area (Å²) in [5.41, 5.74) is -1.48. The highest BCUT2D eigenvalue weighted by atomic mass is 19.4. The highest BCUT2D eigenvalue weighted by Crippen LogP contribution is 2.30. The lowest BCUT2D eigenvalue weighted by Crippen LogP contribution is -2.17. The van der Waals surface area contributed by atoms with E-state index in [-0.39, 0.29) is 11.4 Å². The predicted octanol–water partition coefficient (Wildman–Crippen LogP) is 2.04. The number of hydrogen-bond acceptors (Lipinski definition) is 3. The average Bonchev–Trinajstić information content (AvgIpc) is 2.38. The number of aromatic amines is 1. The van der Waals surface area contributed by atoms with Crippen LogP contribution >= 0.6 is 0 Å². The van der Waals surface area contributed by atoms with Crippen molar-refractivity contribution in [3.8, 4) is 0 Å². The topological polar surface area (TPSA) is 74.8 Å². The summed E-state index contributed by atoms with van der Waals surface area (Å²) in [5, 5.41) is 7.80. The highest BCUT2D eigenvalue weighted by molar-refractivity contribution is 6.02. The Morgan fingerprint density at radius 2 is 1.95 bits per heavy atom. The first-order chi connectivity index (χ1) is 9.36. The van der Waals surface area contributed by atoms with E-state index in [1.54, 1.807) is 0 Å². The minimum atomic E-state index is -4.49. The third-order valence-electron chi connectivity index (χ3n) is 2.36. The molecule has 0 fully saturated rings. The van der Waals surface area contributed by atoms with Gasteiger partial charge in [-0.05, 0) is 24.3 Å². The zero-order valence-corrected chi connectivity index (χ0v) is 9.86. The lowest BCUT2D eigenvalue weighted by atomic mass is 10.2. The monoisotopic (exact) mass is 283 g/mol. The average molecular weight is 283 g/mol. The van der Waals surface area contributed by atoms with Crippen LogP contribution in [0.3, 0.4) is 0 Å². The lowest BCUT2D eigenvalue weighted by molar-refractivity contribution is -0.137. The summed E-state index contributed by atoms with van der Waals surface area (Å²) < 4.78 is 37.5. The molecule has 0 aliphatic carbocycles. The number of carbonyl (C=O) groups is 1. The molecule has 8 heteroatoms. The van der Waals surface area contributed by atoms with E-state index in [9.17, 15) is 22.8 Å². The SMILES string of the molecule is O=C(Nc1cccc(C(F)(F)F)c1)c1ccc(=O)[nH]n1. The van der Waals surface area contributed by atoms with Crippen LogP contribution in [-0.2, 0) is 6.18 Å². The highest BCUT2D eigenvalue weighted by Gasteiger charge is 2.30. The summed E-state index contributed by atoms with van der Waals surface area (Å²) in [6.07, 6.45) is -4.49. The van der Waals surface area contributed by atoms with Crippen molar-refractivity contribution in [1.29, 1.82) is 0 Å². The third-order valence-corrected chi connectivity index (χ3v) is 2.36. The van der Waals surface area contributed by atoms with Crippen LogP contribution in [0.2, 0.25) is 0 Å². The standard InChI is InChI=1S/C12H8F3N3O2/c13-12(14,15)7-2-1-3-8(6-7)16-11(20)9-4-5-10(19)18-17-9/h1-6H,(H,16,20)(H,18,19). The van der Waals surface area contributed by atoms with Gasteiger partial charge >= 0.3 is 6.18 Å². The Balaban J connectivity index is 2.20. The van der Waals surface area contributed by atoms with Gasteiger partial charge in [0.25, 0.3) is 11.5 Å². The van der Waals surface area contributed by atoms with Gasteiger partial charge in [-0.2, -0.15) is 18.3 Å². The molecule has 20 heavy (non-hydrogen) atoms. The van der Waals surface area contributed by atoms with Crippen molar-refractivity contribution < 1.29 is 18.0 Å². The number of nitrogens with zero attached hydrogens (tertiary/aromatic N) is 1. The fourth-order valence-corrected chi connectivity index (χ4v) is 1.44. The molecule has 1 aromatic carbocycles. The first-order valence-corrected chi connectivity index (χ1v) is 5.40. The number of rotatable bonds is 2. The maximum Gasteiger partial charge on any atom is 0.416 e. The molecule has 0 aliphatic heterocycles. The summed E-state index contributed by atoms with van der Waals surface area (Å²) in [6.45, 7) is 0. The lowest BCUT2D eigenvalue weighted by Gasteiger charge is -2.09. The summed E-state index contributed by atoms with van der Waals surface area (Å²) >= 11 is 0. The molecule has 0 saturated heterocycles. The Morgan fingerprint density at radius 3 is 2.55 bits per heavy atom. The third kappa shape index (κ3) is 3.22. The molecule has 1 aromatic heterocycles. The Bertz CT molecular complexity index is 674. The predicted molar refractivity (Wildman–Crippen MR) is 64.3 cm³/mol. The zero-order chi connectivity index (χ0) is 14.8. The molecule has 0 atom stereocenters. The molecule has 2 rings (SSSR count). The number of carbonyl (C=O) groups excluding carboxylic acids is 1. The van der Waals surface area contributed by atoms with Crippen molar-refractivity contribution in [1.82, 2.24) is 10.2 Å². The Hall–Kier alpha value is -2.64. The largest absolute Gasteiger partial charge is 0.416 e. The van der Waals surface area contributed by atoms with Crippen molar-refractivity contribution in [2.45, 2.75) is 6.18 Å². The van der Waals surface area contributed by atoms with E-state index in [2.05, 4.69) is 15.5 Å². The van der Waals surface area contributed by atoms with E-state index in [1.807, 2.05) is 0 Å². The molecule has 2 aromatic rings. The molecule has 0 aliphatic rings. The number of anilines is 1. The van der Waals surface area contributed by atoms with Crippen LogP contribution < -0.4 is 10.9 Å². The molecule has 0 unspecified atom stereocenters. The van der Waals surface area contributed by atoms with Crippen LogP contribution in [0.25, 0.3) is 0 Å². The summed E-state index contributed by atoms with van der Waals surface area (Å²) in [7, 11) is 0. The van der Waals surface area contributed by atoms with Gasteiger partial charge in [0.15, 0.2) is 0 Å². The second-order valence-corrected chi connectivity index (χ2v) is 3.84. The second kappa shape index (κ2) is 5.16. The van der Waals surface area contributed by atoms with E-state index >= 15 is 0 Å². The molecule has 0 radical (unpaired) electrons. The molecular formula is C12H8F3N3O2. The normalized spacial score (nSPS) is 11.2.